The molecule has 2 N–H and O–H groups in total. The lowest BCUT2D eigenvalue weighted by molar-refractivity contribution is -0.133. The number of rotatable bonds is 4. The summed E-state index contributed by atoms with van der Waals surface area (Å²) in [6, 6.07) is 14.7. The number of sulfone groups is 1. The lowest BCUT2D eigenvalue weighted by atomic mass is 9.86. The fraction of sp³-hybridized carbons (Fsp3) is 0.261. The molecule has 2 aromatic carbocycles. The van der Waals surface area contributed by atoms with Gasteiger partial charge in [0.15, 0.2) is 9.84 Å². The van der Waals surface area contributed by atoms with E-state index in [1.54, 1.807) is 25.1 Å². The predicted octanol–water partition coefficient (Wildman–Crippen LogP) is 4.18. The molecule has 0 fully saturated rings. The molecule has 0 spiro atoms. The quantitative estimate of drug-likeness (QED) is 0.665. The van der Waals surface area contributed by atoms with Crippen LogP contribution < -0.4 is 5.32 Å². The van der Waals surface area contributed by atoms with Gasteiger partial charge in [0.1, 0.15) is 0 Å². The highest BCUT2D eigenvalue weighted by Gasteiger charge is 2.42. The van der Waals surface area contributed by atoms with Gasteiger partial charge in [-0.05, 0) is 24.1 Å². The minimum absolute atomic E-state index is 0.0481. The van der Waals surface area contributed by atoms with Gasteiger partial charge < -0.3 is 10.4 Å². The molecule has 6 nitrogen and oxygen atoms in total. The van der Waals surface area contributed by atoms with E-state index in [-0.39, 0.29) is 26.3 Å². The Morgan fingerprint density at radius 2 is 1.88 bits per heavy atom. The molecule has 0 aliphatic carbocycles. The molecule has 32 heavy (non-hydrogen) atoms. The average Bonchev–Trinajstić information content (AvgIpc) is 2.85. The molecule has 1 atom stereocenters. The smallest absolute Gasteiger partial charge is 0.334 e. The highest BCUT2D eigenvalue weighted by molar-refractivity contribution is 7.95. The molecule has 9 heteroatoms. The maximum absolute atomic E-state index is 13.5. The van der Waals surface area contributed by atoms with Crippen molar-refractivity contribution in [2.45, 2.75) is 19.4 Å². The summed E-state index contributed by atoms with van der Waals surface area (Å²) in [5.74, 6) is -2.37. The Bertz CT molecular complexity index is 1240. The largest absolute Gasteiger partial charge is 0.478 e. The van der Waals surface area contributed by atoms with Crippen molar-refractivity contribution >= 4 is 39.0 Å². The topological polar surface area (TPSA) is 86.7 Å². The second-order valence-electron chi connectivity index (χ2n) is 7.90. The Labute approximate surface area is 197 Å². The highest BCUT2D eigenvalue weighted by Crippen LogP contribution is 2.45. The van der Waals surface area contributed by atoms with Crippen LogP contribution >= 0.6 is 23.2 Å². The first kappa shape index (κ1) is 22.9. The van der Waals surface area contributed by atoms with E-state index in [1.165, 1.54) is 0 Å². The summed E-state index contributed by atoms with van der Waals surface area (Å²) in [7, 11) is -3.79. The second-order valence-corrected chi connectivity index (χ2v) is 10.8. The normalized spacial score (nSPS) is 21.0. The number of halogens is 2. The first-order valence-corrected chi connectivity index (χ1v) is 12.5. The van der Waals surface area contributed by atoms with Crippen molar-refractivity contribution in [3.05, 3.63) is 91.6 Å². The van der Waals surface area contributed by atoms with Crippen molar-refractivity contribution in [3.8, 4) is 0 Å². The number of hydrogen-bond acceptors (Lipinski definition) is 5. The number of benzene rings is 2. The van der Waals surface area contributed by atoms with Gasteiger partial charge in [-0.3, -0.25) is 4.90 Å². The third-order valence-corrected chi connectivity index (χ3v) is 8.46. The molecular formula is C23H22Cl2N2O4S. The van der Waals surface area contributed by atoms with Crippen LogP contribution in [-0.4, -0.2) is 43.2 Å². The number of nitrogens with one attached hydrogen (secondary N) is 1. The number of carboxylic acid groups (broad SMARTS) is 1. The number of nitrogens with zero attached hydrogens (tertiary/aromatic N) is 1. The van der Waals surface area contributed by atoms with Gasteiger partial charge in [-0.1, -0.05) is 65.7 Å². The van der Waals surface area contributed by atoms with Gasteiger partial charge in [0.25, 0.3) is 0 Å². The number of allylic oxidation sites excluding steroid dienone is 2. The highest BCUT2D eigenvalue weighted by atomic mass is 35.5. The summed E-state index contributed by atoms with van der Waals surface area (Å²) in [4.78, 5) is 14.3. The van der Waals surface area contributed by atoms with Crippen LogP contribution in [0.3, 0.4) is 0 Å². The van der Waals surface area contributed by atoms with Crippen molar-refractivity contribution in [1.29, 1.82) is 0 Å². The summed E-state index contributed by atoms with van der Waals surface area (Å²) in [5.41, 5.74) is 2.24. The van der Waals surface area contributed by atoms with Gasteiger partial charge in [0.2, 0.25) is 0 Å². The molecule has 1 unspecified atom stereocenters. The van der Waals surface area contributed by atoms with Gasteiger partial charge in [0.05, 0.1) is 32.2 Å². The van der Waals surface area contributed by atoms with Crippen LogP contribution in [0.15, 0.2) is 70.4 Å². The molecule has 2 aromatic rings. The number of aliphatic carboxylic acids is 1. The lowest BCUT2D eigenvalue weighted by Crippen LogP contribution is -2.35. The van der Waals surface area contributed by atoms with Crippen LogP contribution in [0.1, 0.15) is 24.0 Å². The number of carboxylic acids is 1. The molecule has 0 saturated heterocycles. The third-order valence-electron chi connectivity index (χ3n) is 5.76. The first-order valence-electron chi connectivity index (χ1n) is 10.1. The minimum atomic E-state index is -3.79. The van der Waals surface area contributed by atoms with E-state index in [0.717, 1.165) is 5.56 Å². The van der Waals surface area contributed by atoms with Crippen LogP contribution in [0, 0.1) is 0 Å². The zero-order valence-electron chi connectivity index (χ0n) is 17.3. The second kappa shape index (κ2) is 8.90. The number of hydrogen-bond donors (Lipinski definition) is 2. The van der Waals surface area contributed by atoms with Crippen molar-refractivity contribution in [2.75, 3.05) is 18.8 Å². The predicted molar refractivity (Wildman–Crippen MR) is 125 cm³/mol. The molecule has 2 aliphatic rings. The molecule has 2 heterocycles. The summed E-state index contributed by atoms with van der Waals surface area (Å²) >= 11 is 12.7. The first-order chi connectivity index (χ1) is 15.2. The Balaban J connectivity index is 1.85. The van der Waals surface area contributed by atoms with E-state index in [2.05, 4.69) is 5.32 Å². The summed E-state index contributed by atoms with van der Waals surface area (Å²) in [6.45, 7) is 2.87. The van der Waals surface area contributed by atoms with E-state index in [1.807, 2.05) is 35.2 Å². The standard InChI is InChI=1S/C23H22Cl2N2O4S/c1-14-19(23(28)29)20(16-8-5-9-17(24)21(16)25)22-18(26-14)13-27(10-11-32(22,30)31)12-15-6-3-2-4-7-15/h2-9,20,26H,10-13H2,1H3,(H,28,29). The Hall–Kier alpha value is -2.32. The third kappa shape index (κ3) is 4.30. The molecule has 0 amide bonds. The number of carbonyl (C=O) groups is 1. The van der Waals surface area contributed by atoms with Crippen molar-refractivity contribution < 1.29 is 18.3 Å². The van der Waals surface area contributed by atoms with E-state index in [9.17, 15) is 18.3 Å². The zero-order chi connectivity index (χ0) is 23.0. The summed E-state index contributed by atoms with van der Waals surface area (Å²) < 4.78 is 26.9. The molecule has 0 saturated carbocycles. The molecule has 0 radical (unpaired) electrons. The van der Waals surface area contributed by atoms with Crippen molar-refractivity contribution in [2.24, 2.45) is 0 Å². The van der Waals surface area contributed by atoms with E-state index in [0.29, 0.717) is 36.6 Å². The number of dihydropyridines is 1. The molecule has 168 valence electrons. The maximum atomic E-state index is 13.5. The van der Waals surface area contributed by atoms with Gasteiger partial charge >= 0.3 is 5.97 Å². The van der Waals surface area contributed by atoms with Gasteiger partial charge in [-0.2, -0.15) is 0 Å². The SMILES string of the molecule is CC1=C(C(=O)O)C(c2cccc(Cl)c2Cl)C2=C(CN(Cc3ccccc3)CCS2(=O)=O)N1. The lowest BCUT2D eigenvalue weighted by Gasteiger charge is -2.32. The fourth-order valence-electron chi connectivity index (χ4n) is 4.32. The van der Waals surface area contributed by atoms with Crippen LogP contribution in [0.25, 0.3) is 0 Å². The van der Waals surface area contributed by atoms with E-state index in [4.69, 9.17) is 23.2 Å². The average molecular weight is 493 g/mol. The molecule has 0 aromatic heterocycles. The maximum Gasteiger partial charge on any atom is 0.334 e. The fourth-order valence-corrected chi connectivity index (χ4v) is 6.55. The van der Waals surface area contributed by atoms with Crippen LogP contribution in [0.2, 0.25) is 10.0 Å². The van der Waals surface area contributed by atoms with Gasteiger partial charge in [0, 0.05) is 31.0 Å². The summed E-state index contributed by atoms with van der Waals surface area (Å²) in [5, 5.41) is 13.4. The van der Waals surface area contributed by atoms with Crippen LogP contribution in [-0.2, 0) is 21.2 Å². The molecule has 0 bridgehead atoms. The summed E-state index contributed by atoms with van der Waals surface area (Å²) in [6.07, 6.45) is 0. The molecule has 4 rings (SSSR count). The zero-order valence-corrected chi connectivity index (χ0v) is 19.6. The Morgan fingerprint density at radius 3 is 2.56 bits per heavy atom. The van der Waals surface area contributed by atoms with Crippen molar-refractivity contribution in [3.63, 3.8) is 0 Å². The van der Waals surface area contributed by atoms with E-state index >= 15 is 0 Å². The van der Waals surface area contributed by atoms with Crippen LogP contribution in [0.5, 0.6) is 0 Å². The van der Waals surface area contributed by atoms with Gasteiger partial charge in [-0.15, -0.1) is 0 Å². The van der Waals surface area contributed by atoms with E-state index < -0.39 is 21.7 Å². The minimum Gasteiger partial charge on any atom is -0.478 e. The monoisotopic (exact) mass is 492 g/mol. The van der Waals surface area contributed by atoms with Crippen molar-refractivity contribution in [1.82, 2.24) is 10.2 Å². The Kier molecular flexibility index (Phi) is 6.36. The van der Waals surface area contributed by atoms with Crippen LogP contribution in [0.4, 0.5) is 0 Å². The molecular weight excluding hydrogens is 471 g/mol. The molecule has 2 aliphatic heterocycles. The Morgan fingerprint density at radius 1 is 1.16 bits per heavy atom. The van der Waals surface area contributed by atoms with Gasteiger partial charge in [-0.25, -0.2) is 13.2 Å².